The first-order valence-electron chi connectivity index (χ1n) is 14.1. The molecule has 4 rings (SSSR count). The lowest BCUT2D eigenvalue weighted by atomic mass is 9.56. The summed E-state index contributed by atoms with van der Waals surface area (Å²) in [6, 6.07) is 2.42. The van der Waals surface area contributed by atoms with E-state index in [-0.39, 0.29) is 46.8 Å². The molecule has 7 nitrogen and oxygen atoms in total. The molecular formula is C30H47NO6Si. The number of nitrogens with zero attached hydrogens (tertiary/aromatic N) is 1. The predicted octanol–water partition coefficient (Wildman–Crippen LogP) is 5.02. The zero-order valence-electron chi connectivity index (χ0n) is 24.7. The molecule has 0 amide bonds. The molecule has 0 radical (unpaired) electrons. The standard InChI is InChI=1S/C30H47NO6Si/c1-16-13-17(2)30-20(11-12-21-24(30)25(32)18(3)22(15-31)27(21)36-30)14-23(34-8)28(33)35-26(16)19(4)37-38(9,10)29(5,6)7/h11-13,16,18-27,32H,14H2,1-10H3/b17-13-/t16-,18?,19-,20-,21-,22-,23+,24+,25-,26+,27-,30+/m1/s1. The average Bonchev–Trinajstić information content (AvgIpc) is 3.01. The van der Waals surface area contributed by atoms with E-state index in [9.17, 15) is 15.2 Å². The zero-order valence-corrected chi connectivity index (χ0v) is 25.7. The Morgan fingerprint density at radius 1 is 1.26 bits per heavy atom. The van der Waals surface area contributed by atoms with Gasteiger partial charge in [0.2, 0.25) is 0 Å². The van der Waals surface area contributed by atoms with Gasteiger partial charge in [-0.2, -0.15) is 5.26 Å². The van der Waals surface area contributed by atoms with Crippen molar-refractivity contribution in [3.8, 4) is 6.07 Å². The number of carbonyl (C=O) groups is 1. The summed E-state index contributed by atoms with van der Waals surface area (Å²) in [4.78, 5) is 13.5. The van der Waals surface area contributed by atoms with Crippen LogP contribution in [-0.2, 0) is 23.4 Å². The Bertz CT molecular complexity index is 1030. The van der Waals surface area contributed by atoms with Crippen molar-refractivity contribution in [3.63, 3.8) is 0 Å². The summed E-state index contributed by atoms with van der Waals surface area (Å²) < 4.78 is 25.5. The number of hydrogen-bond donors (Lipinski definition) is 1. The third-order valence-corrected chi connectivity index (χ3v) is 15.0. The molecule has 1 spiro atoms. The summed E-state index contributed by atoms with van der Waals surface area (Å²) in [5.41, 5.74) is 0.194. The Morgan fingerprint density at radius 2 is 1.92 bits per heavy atom. The Hall–Kier alpha value is -1.50. The first-order valence-corrected chi connectivity index (χ1v) is 17.0. The van der Waals surface area contributed by atoms with Gasteiger partial charge < -0.3 is 23.7 Å². The van der Waals surface area contributed by atoms with Gasteiger partial charge in [-0.1, -0.05) is 52.8 Å². The van der Waals surface area contributed by atoms with Crippen molar-refractivity contribution in [2.75, 3.05) is 7.11 Å². The van der Waals surface area contributed by atoms with Gasteiger partial charge in [0.25, 0.3) is 0 Å². The Kier molecular flexibility index (Phi) is 7.88. The molecule has 1 saturated heterocycles. The Labute approximate surface area is 229 Å². The van der Waals surface area contributed by atoms with Crippen LogP contribution >= 0.6 is 0 Å². The SMILES string of the molecule is CO[C@H]1C[C@H]2C=C[C@H]3[C@H]4O[C@]2(/C(C)=C\[C@@H](C)[C@@H]([C@@H](C)O[Si](C)(C)C(C)(C)C)OC1=O)[C@@H]3[C@H](O)C(C)[C@H]4C#N. The number of methoxy groups -OCH3 is 1. The fourth-order valence-corrected chi connectivity index (χ4v) is 8.67. The first kappa shape index (κ1) is 29.5. The predicted molar refractivity (Wildman–Crippen MR) is 147 cm³/mol. The van der Waals surface area contributed by atoms with E-state index in [0.717, 1.165) is 5.57 Å². The van der Waals surface area contributed by atoms with Crippen LogP contribution in [0.15, 0.2) is 23.8 Å². The average molecular weight is 546 g/mol. The molecule has 1 N–H and O–H groups in total. The van der Waals surface area contributed by atoms with Gasteiger partial charge in [0.15, 0.2) is 14.4 Å². The van der Waals surface area contributed by atoms with Gasteiger partial charge in [-0.3, -0.25) is 0 Å². The molecule has 1 saturated carbocycles. The fourth-order valence-electron chi connectivity index (χ4n) is 7.26. The van der Waals surface area contributed by atoms with Gasteiger partial charge in [-0.25, -0.2) is 4.79 Å². The number of hydrogen-bond acceptors (Lipinski definition) is 7. The van der Waals surface area contributed by atoms with Crippen LogP contribution in [0.3, 0.4) is 0 Å². The molecule has 2 heterocycles. The molecule has 0 aromatic heterocycles. The summed E-state index contributed by atoms with van der Waals surface area (Å²) in [7, 11) is -0.593. The van der Waals surface area contributed by atoms with Crippen molar-refractivity contribution in [1.82, 2.24) is 0 Å². The number of nitriles is 1. The van der Waals surface area contributed by atoms with Crippen LogP contribution in [0.5, 0.6) is 0 Å². The lowest BCUT2D eigenvalue weighted by Gasteiger charge is -2.48. The lowest BCUT2D eigenvalue weighted by molar-refractivity contribution is -0.171. The molecule has 2 fully saturated rings. The van der Waals surface area contributed by atoms with Crippen LogP contribution in [0.4, 0.5) is 0 Å². The maximum Gasteiger partial charge on any atom is 0.335 e. The van der Waals surface area contributed by atoms with Gasteiger partial charge in [0, 0.05) is 36.7 Å². The molecule has 8 heteroatoms. The highest BCUT2D eigenvalue weighted by Gasteiger charge is 2.68. The second-order valence-electron chi connectivity index (χ2n) is 13.6. The lowest BCUT2D eigenvalue weighted by Crippen LogP contribution is -2.56. The molecule has 0 aromatic carbocycles. The summed E-state index contributed by atoms with van der Waals surface area (Å²) in [6.45, 7) is 19.1. The number of ether oxygens (including phenoxy) is 3. The molecule has 212 valence electrons. The van der Waals surface area contributed by atoms with Crippen molar-refractivity contribution in [3.05, 3.63) is 23.8 Å². The maximum absolute atomic E-state index is 13.5. The fraction of sp³-hybridized carbons (Fsp3) is 0.800. The monoisotopic (exact) mass is 545 g/mol. The third kappa shape index (κ3) is 4.52. The quantitative estimate of drug-likeness (QED) is 0.301. The van der Waals surface area contributed by atoms with E-state index in [1.54, 1.807) is 0 Å². The maximum atomic E-state index is 13.5. The molecule has 4 bridgehead atoms. The number of cyclic esters (lactones) is 1. The topological polar surface area (TPSA) is 98.0 Å². The second-order valence-corrected chi connectivity index (χ2v) is 18.4. The Balaban J connectivity index is 1.79. The van der Waals surface area contributed by atoms with Crippen LogP contribution in [0.1, 0.15) is 54.9 Å². The van der Waals surface area contributed by atoms with E-state index in [4.69, 9.17) is 18.6 Å². The van der Waals surface area contributed by atoms with Gasteiger partial charge in [-0.05, 0) is 44.0 Å². The van der Waals surface area contributed by atoms with E-state index < -0.39 is 44.1 Å². The van der Waals surface area contributed by atoms with Crippen molar-refractivity contribution in [2.24, 2.45) is 35.5 Å². The van der Waals surface area contributed by atoms with E-state index in [1.165, 1.54) is 7.11 Å². The number of esters is 1. The first-order chi connectivity index (χ1) is 17.6. The van der Waals surface area contributed by atoms with E-state index >= 15 is 0 Å². The zero-order chi connectivity index (χ0) is 28.4. The minimum absolute atomic E-state index is 0.0141. The number of aliphatic hydroxyl groups excluding tert-OH is 1. The largest absolute Gasteiger partial charge is 0.457 e. The number of rotatable bonds is 4. The van der Waals surface area contributed by atoms with Crippen molar-refractivity contribution in [2.45, 2.75) is 109 Å². The van der Waals surface area contributed by atoms with E-state index in [1.807, 2.05) is 13.8 Å². The van der Waals surface area contributed by atoms with Gasteiger partial charge in [0.1, 0.15) is 11.7 Å². The highest BCUT2D eigenvalue weighted by Crippen LogP contribution is 2.62. The molecule has 12 atom stereocenters. The molecule has 2 aliphatic heterocycles. The molecule has 4 aliphatic rings. The number of aliphatic hydroxyl groups is 1. The molecule has 2 aliphatic carbocycles. The van der Waals surface area contributed by atoms with Gasteiger partial charge in [-0.15, -0.1) is 0 Å². The summed E-state index contributed by atoms with van der Waals surface area (Å²) in [5, 5.41) is 21.6. The minimum Gasteiger partial charge on any atom is -0.457 e. The molecule has 1 unspecified atom stereocenters. The third-order valence-electron chi connectivity index (χ3n) is 10.4. The van der Waals surface area contributed by atoms with Gasteiger partial charge >= 0.3 is 5.97 Å². The molecule has 0 aromatic rings. The highest BCUT2D eigenvalue weighted by atomic mass is 28.4. The summed E-state index contributed by atoms with van der Waals surface area (Å²) in [5.74, 6) is -1.62. The van der Waals surface area contributed by atoms with Crippen molar-refractivity contribution >= 4 is 14.3 Å². The van der Waals surface area contributed by atoms with Crippen molar-refractivity contribution < 1.29 is 28.5 Å². The second kappa shape index (κ2) is 10.2. The van der Waals surface area contributed by atoms with Crippen LogP contribution in [0, 0.1) is 46.8 Å². The summed E-state index contributed by atoms with van der Waals surface area (Å²) in [6.07, 6.45) is 4.12. The smallest absolute Gasteiger partial charge is 0.335 e. The van der Waals surface area contributed by atoms with Crippen LogP contribution in [0.2, 0.25) is 18.1 Å². The van der Waals surface area contributed by atoms with Gasteiger partial charge in [0.05, 0.1) is 30.3 Å². The molecular weight excluding hydrogens is 498 g/mol. The minimum atomic E-state index is -2.13. The van der Waals surface area contributed by atoms with Crippen LogP contribution in [-0.4, -0.2) is 62.6 Å². The van der Waals surface area contributed by atoms with Crippen LogP contribution < -0.4 is 0 Å². The summed E-state index contributed by atoms with van der Waals surface area (Å²) >= 11 is 0. The van der Waals surface area contributed by atoms with Crippen LogP contribution in [0.25, 0.3) is 0 Å². The van der Waals surface area contributed by atoms with E-state index in [2.05, 4.69) is 72.0 Å². The normalized spacial score (nSPS) is 45.3. The molecule has 38 heavy (non-hydrogen) atoms. The highest BCUT2D eigenvalue weighted by molar-refractivity contribution is 6.74. The number of carbonyl (C=O) groups excluding carboxylic acids is 1. The van der Waals surface area contributed by atoms with Crippen molar-refractivity contribution in [1.29, 1.82) is 5.26 Å². The van der Waals surface area contributed by atoms with E-state index in [0.29, 0.717) is 6.42 Å². The Morgan fingerprint density at radius 3 is 2.50 bits per heavy atom.